The van der Waals surface area contributed by atoms with Crippen molar-refractivity contribution in [2.24, 2.45) is 5.92 Å². The number of hydrogen-bond donors (Lipinski definition) is 2. The normalized spacial score (nSPS) is 11.5. The minimum Gasteiger partial charge on any atom is -0.469 e. The Balaban J connectivity index is 1.71. The summed E-state index contributed by atoms with van der Waals surface area (Å²) in [5.41, 5.74) is 2.47. The first kappa shape index (κ1) is 24.7. The topological polar surface area (TPSA) is 87.7 Å². The number of para-hydroxylation sites is 2. The number of nitrogens with one attached hydrogen (secondary N) is 2. The van der Waals surface area contributed by atoms with E-state index in [2.05, 4.69) is 10.6 Å². The van der Waals surface area contributed by atoms with E-state index in [0.29, 0.717) is 30.0 Å². The fraction of sp³-hybridized carbons (Fsp3) is 0.222. The number of carbonyl (C=O) groups excluding carboxylic acids is 3. The zero-order chi connectivity index (χ0) is 24.3. The van der Waals surface area contributed by atoms with E-state index < -0.39 is 5.92 Å². The molecule has 7 nitrogen and oxygen atoms in total. The highest BCUT2D eigenvalue weighted by Gasteiger charge is 2.21. The van der Waals surface area contributed by atoms with Crippen molar-refractivity contribution in [2.75, 3.05) is 30.8 Å². The molecule has 0 heterocycles. The summed E-state index contributed by atoms with van der Waals surface area (Å²) in [5, 5.41) is 5.69. The fourth-order valence-electron chi connectivity index (χ4n) is 3.59. The summed E-state index contributed by atoms with van der Waals surface area (Å²) < 4.78 is 4.84. The van der Waals surface area contributed by atoms with E-state index >= 15 is 0 Å². The Morgan fingerprint density at radius 3 is 2.15 bits per heavy atom. The van der Waals surface area contributed by atoms with Crippen molar-refractivity contribution < 1.29 is 19.1 Å². The van der Waals surface area contributed by atoms with E-state index in [1.54, 1.807) is 43.3 Å². The summed E-state index contributed by atoms with van der Waals surface area (Å²) in [6.45, 7) is 2.66. The summed E-state index contributed by atoms with van der Waals surface area (Å²) >= 11 is 0. The van der Waals surface area contributed by atoms with Gasteiger partial charge in [-0.1, -0.05) is 67.6 Å². The van der Waals surface area contributed by atoms with Crippen LogP contribution in [0.4, 0.5) is 11.4 Å². The fourth-order valence-corrected chi connectivity index (χ4v) is 3.59. The van der Waals surface area contributed by atoms with Gasteiger partial charge in [0.15, 0.2) is 0 Å². The van der Waals surface area contributed by atoms with E-state index in [4.69, 9.17) is 4.74 Å². The van der Waals surface area contributed by atoms with Crippen LogP contribution in [-0.4, -0.2) is 42.9 Å². The molecular formula is C27H29N3O4. The zero-order valence-electron chi connectivity index (χ0n) is 19.4. The van der Waals surface area contributed by atoms with Gasteiger partial charge in [0.1, 0.15) is 0 Å². The molecule has 3 aromatic rings. The van der Waals surface area contributed by atoms with Crippen LogP contribution in [0.3, 0.4) is 0 Å². The Bertz CT molecular complexity index is 1100. The van der Waals surface area contributed by atoms with Gasteiger partial charge in [-0.2, -0.15) is 0 Å². The molecule has 0 spiro atoms. The molecule has 34 heavy (non-hydrogen) atoms. The number of amides is 2. The quantitative estimate of drug-likeness (QED) is 0.444. The number of ether oxygens (including phenoxy) is 1. The maximum absolute atomic E-state index is 13.0. The molecule has 0 bridgehead atoms. The first-order chi connectivity index (χ1) is 16.5. The molecule has 0 saturated heterocycles. The lowest BCUT2D eigenvalue weighted by Gasteiger charge is -2.24. The third-order valence-electron chi connectivity index (χ3n) is 5.23. The molecular weight excluding hydrogens is 430 g/mol. The summed E-state index contributed by atoms with van der Waals surface area (Å²) in [6.07, 6.45) is 0. The van der Waals surface area contributed by atoms with Gasteiger partial charge in [0.25, 0.3) is 5.91 Å². The van der Waals surface area contributed by atoms with Gasteiger partial charge >= 0.3 is 5.97 Å². The van der Waals surface area contributed by atoms with E-state index in [0.717, 1.165) is 5.56 Å². The van der Waals surface area contributed by atoms with Gasteiger partial charge in [-0.05, 0) is 29.8 Å². The average Bonchev–Trinajstić information content (AvgIpc) is 2.85. The molecule has 0 aromatic heterocycles. The Morgan fingerprint density at radius 2 is 1.47 bits per heavy atom. The summed E-state index contributed by atoms with van der Waals surface area (Å²) in [6, 6.07) is 25.7. The van der Waals surface area contributed by atoms with Crippen LogP contribution >= 0.6 is 0 Å². The van der Waals surface area contributed by atoms with Crippen molar-refractivity contribution in [3.63, 3.8) is 0 Å². The average molecular weight is 460 g/mol. The third-order valence-corrected chi connectivity index (χ3v) is 5.23. The Labute approximate surface area is 199 Å². The maximum atomic E-state index is 13.0. The molecule has 0 aliphatic rings. The van der Waals surface area contributed by atoms with Crippen LogP contribution in [0.25, 0.3) is 0 Å². The second kappa shape index (κ2) is 12.3. The minimum absolute atomic E-state index is 0.0465. The Hall–Kier alpha value is -3.97. The molecule has 0 saturated carbocycles. The SMILES string of the molecule is COC(=O)C(C)CN(CC(=O)Nc1ccccc1C(=O)Nc1ccccc1)Cc1ccccc1. The van der Waals surface area contributed by atoms with Gasteiger partial charge in [-0.25, -0.2) is 0 Å². The first-order valence-electron chi connectivity index (χ1n) is 11.1. The summed E-state index contributed by atoms with van der Waals surface area (Å²) in [7, 11) is 1.35. The number of esters is 1. The second-order valence-corrected chi connectivity index (χ2v) is 7.99. The standard InChI is InChI=1S/C27H29N3O4/c1-20(27(33)34-2)17-30(18-21-11-5-3-6-12-21)19-25(31)29-24-16-10-9-15-23(24)26(32)28-22-13-7-4-8-14-22/h3-16,20H,17-19H2,1-2H3,(H,28,32)(H,29,31). The van der Waals surface area contributed by atoms with Crippen molar-refractivity contribution in [3.8, 4) is 0 Å². The van der Waals surface area contributed by atoms with Gasteiger partial charge in [0, 0.05) is 18.8 Å². The second-order valence-electron chi connectivity index (χ2n) is 7.99. The number of benzene rings is 3. The molecule has 3 aromatic carbocycles. The van der Waals surface area contributed by atoms with Crippen LogP contribution in [-0.2, 0) is 20.9 Å². The molecule has 3 rings (SSSR count). The summed E-state index contributed by atoms with van der Waals surface area (Å²) in [4.78, 5) is 39.6. The van der Waals surface area contributed by atoms with Crippen LogP contribution in [0.5, 0.6) is 0 Å². The lowest BCUT2D eigenvalue weighted by Crippen LogP contribution is -2.38. The number of nitrogens with zero attached hydrogens (tertiary/aromatic N) is 1. The smallest absolute Gasteiger partial charge is 0.309 e. The predicted octanol–water partition coefficient (Wildman–Crippen LogP) is 4.19. The molecule has 1 unspecified atom stereocenters. The molecule has 2 amide bonds. The molecule has 0 aliphatic carbocycles. The third kappa shape index (κ3) is 7.28. The largest absolute Gasteiger partial charge is 0.469 e. The van der Waals surface area contributed by atoms with Gasteiger partial charge in [0.2, 0.25) is 5.91 Å². The highest BCUT2D eigenvalue weighted by atomic mass is 16.5. The number of methoxy groups -OCH3 is 1. The highest BCUT2D eigenvalue weighted by molar-refractivity contribution is 6.10. The Kier molecular flexibility index (Phi) is 8.94. The molecule has 0 aliphatic heterocycles. The van der Waals surface area contributed by atoms with Crippen molar-refractivity contribution in [1.82, 2.24) is 4.90 Å². The van der Waals surface area contributed by atoms with E-state index in [9.17, 15) is 14.4 Å². The van der Waals surface area contributed by atoms with Crippen molar-refractivity contribution >= 4 is 29.2 Å². The van der Waals surface area contributed by atoms with Crippen molar-refractivity contribution in [1.29, 1.82) is 0 Å². The lowest BCUT2D eigenvalue weighted by atomic mass is 10.1. The number of carbonyl (C=O) groups is 3. The highest BCUT2D eigenvalue weighted by Crippen LogP contribution is 2.18. The molecule has 7 heteroatoms. The molecule has 0 radical (unpaired) electrons. The van der Waals surface area contributed by atoms with Crippen LogP contribution in [0.15, 0.2) is 84.9 Å². The van der Waals surface area contributed by atoms with E-state index in [1.165, 1.54) is 7.11 Å². The van der Waals surface area contributed by atoms with E-state index in [1.807, 2.05) is 53.4 Å². The van der Waals surface area contributed by atoms with Gasteiger partial charge < -0.3 is 15.4 Å². The lowest BCUT2D eigenvalue weighted by molar-refractivity contribution is -0.145. The molecule has 176 valence electrons. The zero-order valence-corrected chi connectivity index (χ0v) is 19.4. The maximum Gasteiger partial charge on any atom is 0.309 e. The van der Waals surface area contributed by atoms with Crippen LogP contribution in [0.1, 0.15) is 22.8 Å². The monoisotopic (exact) mass is 459 g/mol. The van der Waals surface area contributed by atoms with Gasteiger partial charge in [0.05, 0.1) is 30.8 Å². The minimum atomic E-state index is -0.398. The van der Waals surface area contributed by atoms with E-state index in [-0.39, 0.29) is 24.3 Å². The van der Waals surface area contributed by atoms with Crippen molar-refractivity contribution in [3.05, 3.63) is 96.1 Å². The van der Waals surface area contributed by atoms with Gasteiger partial charge in [-0.15, -0.1) is 0 Å². The van der Waals surface area contributed by atoms with Crippen LogP contribution < -0.4 is 10.6 Å². The van der Waals surface area contributed by atoms with Crippen LogP contribution in [0.2, 0.25) is 0 Å². The van der Waals surface area contributed by atoms with Crippen molar-refractivity contribution in [2.45, 2.75) is 13.5 Å². The molecule has 1 atom stereocenters. The van der Waals surface area contributed by atoms with Gasteiger partial charge in [-0.3, -0.25) is 19.3 Å². The molecule has 0 fully saturated rings. The predicted molar refractivity (Wildman–Crippen MR) is 132 cm³/mol. The number of anilines is 2. The Morgan fingerprint density at radius 1 is 0.853 bits per heavy atom. The number of rotatable bonds is 10. The van der Waals surface area contributed by atoms with Crippen LogP contribution in [0, 0.1) is 5.92 Å². The molecule has 2 N–H and O–H groups in total. The number of hydrogen-bond acceptors (Lipinski definition) is 5. The summed E-state index contributed by atoms with van der Waals surface area (Å²) in [5.74, 6) is -1.33. The first-order valence-corrected chi connectivity index (χ1v) is 11.1.